The minimum atomic E-state index is -3.78. The molecule has 0 radical (unpaired) electrons. The van der Waals surface area contributed by atoms with Gasteiger partial charge in [-0.2, -0.15) is 0 Å². The van der Waals surface area contributed by atoms with E-state index in [0.717, 1.165) is 0 Å². The molecule has 118 valence electrons. The van der Waals surface area contributed by atoms with Gasteiger partial charge in [-0.15, -0.1) is 0 Å². The zero-order chi connectivity index (χ0) is 16.2. The highest BCUT2D eigenvalue weighted by atomic mass is 35.5. The van der Waals surface area contributed by atoms with Crippen LogP contribution < -0.4 is 9.46 Å². The molecule has 1 N–H and O–H groups in total. The summed E-state index contributed by atoms with van der Waals surface area (Å²) in [6.07, 6.45) is 0. The van der Waals surface area contributed by atoms with Gasteiger partial charge in [0, 0.05) is 6.54 Å². The van der Waals surface area contributed by atoms with Crippen molar-refractivity contribution in [2.45, 2.75) is 4.90 Å². The molecule has 2 aromatic carbocycles. The van der Waals surface area contributed by atoms with Crippen LogP contribution in [-0.4, -0.2) is 21.6 Å². The molecule has 0 amide bonds. The van der Waals surface area contributed by atoms with Crippen LogP contribution in [0.15, 0.2) is 47.4 Å². The van der Waals surface area contributed by atoms with Crippen LogP contribution in [0.4, 0.5) is 4.39 Å². The number of nitrogens with one attached hydrogen (secondary N) is 1. The molecule has 0 spiro atoms. The van der Waals surface area contributed by atoms with Crippen LogP contribution in [0.1, 0.15) is 0 Å². The van der Waals surface area contributed by atoms with E-state index in [1.54, 1.807) is 0 Å². The molecule has 0 saturated carbocycles. The van der Waals surface area contributed by atoms with Crippen molar-refractivity contribution in [3.05, 3.63) is 58.3 Å². The Balaban J connectivity index is 1.93. The summed E-state index contributed by atoms with van der Waals surface area (Å²) in [4.78, 5) is -0.0940. The monoisotopic (exact) mass is 363 g/mol. The number of hydrogen-bond acceptors (Lipinski definition) is 3. The van der Waals surface area contributed by atoms with Crippen molar-refractivity contribution in [2.24, 2.45) is 0 Å². The zero-order valence-corrected chi connectivity index (χ0v) is 13.6. The van der Waals surface area contributed by atoms with Gasteiger partial charge in [-0.3, -0.25) is 0 Å². The second-order valence-corrected chi connectivity index (χ2v) is 6.77. The smallest absolute Gasteiger partial charge is 0.242 e. The Labute approximate surface area is 137 Å². The van der Waals surface area contributed by atoms with E-state index in [1.165, 1.54) is 42.5 Å². The van der Waals surface area contributed by atoms with Crippen molar-refractivity contribution in [1.29, 1.82) is 0 Å². The standard InChI is InChI=1S/C14H12Cl2FNO3S/c15-12-2-1-3-13(14(12)16)22(19,20)18-8-9-21-11-6-4-10(17)5-7-11/h1-7,18H,8-9H2. The third-order valence-electron chi connectivity index (χ3n) is 2.68. The molecule has 0 fully saturated rings. The first-order valence-corrected chi connectivity index (χ1v) is 8.46. The fraction of sp³-hybridized carbons (Fsp3) is 0.143. The molecule has 22 heavy (non-hydrogen) atoms. The largest absolute Gasteiger partial charge is 0.492 e. The number of sulfonamides is 1. The van der Waals surface area contributed by atoms with Crippen LogP contribution in [0.2, 0.25) is 10.0 Å². The Morgan fingerprint density at radius 2 is 1.77 bits per heavy atom. The third kappa shape index (κ3) is 4.33. The van der Waals surface area contributed by atoms with E-state index in [-0.39, 0.29) is 33.9 Å². The molecule has 2 aromatic rings. The quantitative estimate of drug-likeness (QED) is 0.799. The van der Waals surface area contributed by atoms with Gasteiger partial charge in [-0.05, 0) is 36.4 Å². The lowest BCUT2D eigenvalue weighted by molar-refractivity contribution is 0.322. The first-order chi connectivity index (χ1) is 10.4. The molecule has 0 aliphatic heterocycles. The Kier molecular flexibility index (Phi) is 5.63. The lowest BCUT2D eigenvalue weighted by atomic mass is 10.3. The summed E-state index contributed by atoms with van der Waals surface area (Å²) in [6.45, 7) is 0.117. The molecule has 0 bridgehead atoms. The van der Waals surface area contributed by atoms with E-state index in [9.17, 15) is 12.8 Å². The average Bonchev–Trinajstić information content (AvgIpc) is 2.48. The fourth-order valence-electron chi connectivity index (χ4n) is 1.65. The molecule has 0 saturated heterocycles. The lowest BCUT2D eigenvalue weighted by Gasteiger charge is -2.10. The Morgan fingerprint density at radius 1 is 1.09 bits per heavy atom. The molecular weight excluding hydrogens is 352 g/mol. The van der Waals surface area contributed by atoms with Gasteiger partial charge in [0.15, 0.2) is 0 Å². The van der Waals surface area contributed by atoms with E-state index < -0.39 is 10.0 Å². The lowest BCUT2D eigenvalue weighted by Crippen LogP contribution is -2.28. The highest BCUT2D eigenvalue weighted by Crippen LogP contribution is 2.28. The third-order valence-corrected chi connectivity index (χ3v) is 5.12. The maximum atomic E-state index is 12.7. The normalized spacial score (nSPS) is 11.4. The Bertz CT molecular complexity index is 751. The van der Waals surface area contributed by atoms with E-state index in [4.69, 9.17) is 27.9 Å². The van der Waals surface area contributed by atoms with Gasteiger partial charge < -0.3 is 4.74 Å². The highest BCUT2D eigenvalue weighted by molar-refractivity contribution is 7.89. The van der Waals surface area contributed by atoms with E-state index >= 15 is 0 Å². The van der Waals surface area contributed by atoms with Crippen molar-refractivity contribution in [3.8, 4) is 5.75 Å². The van der Waals surface area contributed by atoms with E-state index in [1.807, 2.05) is 0 Å². The second-order valence-electron chi connectivity index (χ2n) is 4.25. The van der Waals surface area contributed by atoms with Crippen LogP contribution in [-0.2, 0) is 10.0 Å². The fourth-order valence-corrected chi connectivity index (χ4v) is 3.42. The van der Waals surface area contributed by atoms with Crippen LogP contribution in [0.25, 0.3) is 0 Å². The minimum Gasteiger partial charge on any atom is -0.492 e. The predicted octanol–water partition coefficient (Wildman–Crippen LogP) is 3.49. The summed E-state index contributed by atoms with van der Waals surface area (Å²) in [5, 5.41) is 0.128. The van der Waals surface area contributed by atoms with Crippen molar-refractivity contribution < 1.29 is 17.5 Å². The van der Waals surface area contributed by atoms with Crippen LogP contribution >= 0.6 is 23.2 Å². The molecule has 2 rings (SSSR count). The maximum Gasteiger partial charge on any atom is 0.242 e. The number of benzene rings is 2. The minimum absolute atomic E-state index is 0.0303. The zero-order valence-electron chi connectivity index (χ0n) is 11.2. The van der Waals surface area contributed by atoms with Crippen molar-refractivity contribution in [2.75, 3.05) is 13.2 Å². The second kappa shape index (κ2) is 7.28. The molecule has 0 unspecified atom stereocenters. The number of hydrogen-bond donors (Lipinski definition) is 1. The average molecular weight is 364 g/mol. The highest BCUT2D eigenvalue weighted by Gasteiger charge is 2.18. The summed E-state index contributed by atoms with van der Waals surface area (Å²) in [6, 6.07) is 9.78. The number of halogens is 3. The molecule has 0 heterocycles. The first-order valence-electron chi connectivity index (χ1n) is 6.22. The Morgan fingerprint density at radius 3 is 2.45 bits per heavy atom. The number of ether oxygens (including phenoxy) is 1. The van der Waals surface area contributed by atoms with Gasteiger partial charge in [0.2, 0.25) is 10.0 Å². The first kappa shape index (κ1) is 17.0. The van der Waals surface area contributed by atoms with Crippen LogP contribution in [0, 0.1) is 5.82 Å². The topological polar surface area (TPSA) is 55.4 Å². The van der Waals surface area contributed by atoms with Crippen LogP contribution in [0.3, 0.4) is 0 Å². The van der Waals surface area contributed by atoms with E-state index in [2.05, 4.69) is 4.72 Å². The summed E-state index contributed by atoms with van der Waals surface area (Å²) < 4.78 is 44.6. The summed E-state index contributed by atoms with van der Waals surface area (Å²) in [5.74, 6) is 0.0741. The predicted molar refractivity (Wildman–Crippen MR) is 83.5 cm³/mol. The molecule has 0 atom stereocenters. The van der Waals surface area contributed by atoms with Gasteiger partial charge in [0.1, 0.15) is 23.1 Å². The summed E-state index contributed by atoms with van der Waals surface area (Å²) >= 11 is 11.7. The van der Waals surface area contributed by atoms with Crippen molar-refractivity contribution in [3.63, 3.8) is 0 Å². The Hall–Kier alpha value is -1.34. The molecule has 0 aliphatic carbocycles. The molecule has 8 heteroatoms. The molecule has 4 nitrogen and oxygen atoms in total. The summed E-state index contributed by atoms with van der Waals surface area (Å²) in [7, 11) is -3.78. The summed E-state index contributed by atoms with van der Waals surface area (Å²) in [5.41, 5.74) is 0. The van der Waals surface area contributed by atoms with Gasteiger partial charge >= 0.3 is 0 Å². The van der Waals surface area contributed by atoms with Crippen molar-refractivity contribution >= 4 is 33.2 Å². The SMILES string of the molecule is O=S(=O)(NCCOc1ccc(F)cc1)c1cccc(Cl)c1Cl. The van der Waals surface area contributed by atoms with Gasteiger partial charge in [0.25, 0.3) is 0 Å². The van der Waals surface area contributed by atoms with Crippen molar-refractivity contribution in [1.82, 2.24) is 4.72 Å². The van der Waals surface area contributed by atoms with E-state index in [0.29, 0.717) is 5.75 Å². The number of rotatable bonds is 6. The molecular formula is C14H12Cl2FNO3S. The van der Waals surface area contributed by atoms with Gasteiger partial charge in [-0.1, -0.05) is 29.3 Å². The molecule has 0 aromatic heterocycles. The molecule has 0 aliphatic rings. The van der Waals surface area contributed by atoms with Gasteiger partial charge in [-0.25, -0.2) is 17.5 Å². The van der Waals surface area contributed by atoms with Crippen LogP contribution in [0.5, 0.6) is 5.75 Å². The van der Waals surface area contributed by atoms with Gasteiger partial charge in [0.05, 0.1) is 10.0 Å². The maximum absolute atomic E-state index is 12.7.